The van der Waals surface area contributed by atoms with E-state index in [0.717, 1.165) is 6.42 Å². The van der Waals surface area contributed by atoms with Crippen molar-refractivity contribution in [2.24, 2.45) is 0 Å². The highest BCUT2D eigenvalue weighted by Gasteiger charge is 2.23. The zero-order chi connectivity index (χ0) is 18.4. The molecule has 1 aromatic carbocycles. The maximum atomic E-state index is 12.6. The molecule has 0 saturated carbocycles. The van der Waals surface area contributed by atoms with Crippen LogP contribution in [0.4, 0.5) is 5.82 Å². The van der Waals surface area contributed by atoms with E-state index in [4.69, 9.17) is 10.5 Å². The number of carbonyl (C=O) groups is 2. The van der Waals surface area contributed by atoms with Gasteiger partial charge in [-0.2, -0.15) is 0 Å². The number of pyridine rings is 1. The van der Waals surface area contributed by atoms with Crippen molar-refractivity contribution in [2.75, 3.05) is 38.5 Å². The van der Waals surface area contributed by atoms with Gasteiger partial charge in [0.2, 0.25) is 0 Å². The van der Waals surface area contributed by atoms with Crippen LogP contribution in [0, 0.1) is 0 Å². The molecule has 0 bridgehead atoms. The van der Waals surface area contributed by atoms with Crippen LogP contribution in [-0.2, 0) is 4.79 Å². The van der Waals surface area contributed by atoms with Gasteiger partial charge in [0.05, 0.1) is 5.56 Å². The van der Waals surface area contributed by atoms with Gasteiger partial charge in [0.1, 0.15) is 11.6 Å². The van der Waals surface area contributed by atoms with Crippen LogP contribution in [0.5, 0.6) is 5.75 Å². The molecule has 1 saturated heterocycles. The van der Waals surface area contributed by atoms with Gasteiger partial charge in [0.25, 0.3) is 11.8 Å². The molecule has 0 radical (unpaired) electrons. The summed E-state index contributed by atoms with van der Waals surface area (Å²) in [7, 11) is 0. The number of benzene rings is 1. The maximum absolute atomic E-state index is 12.6. The number of nitrogens with zero attached hydrogens (tertiary/aromatic N) is 3. The second-order valence-corrected chi connectivity index (χ2v) is 6.10. The standard InChI is InChI=1S/C19H22N4O3/c20-17-8-7-15(13-21-17)19(25)23-10-4-9-22(11-12-23)18(24)14-26-16-5-2-1-3-6-16/h1-3,5-8,13H,4,9-12,14H2,(H2,20,21). The van der Waals surface area contributed by atoms with Crippen molar-refractivity contribution in [3.05, 3.63) is 54.2 Å². The molecule has 7 heteroatoms. The Morgan fingerprint density at radius 3 is 2.46 bits per heavy atom. The van der Waals surface area contributed by atoms with Gasteiger partial charge in [-0.3, -0.25) is 9.59 Å². The fraction of sp³-hybridized carbons (Fsp3) is 0.316. The average molecular weight is 354 g/mol. The van der Waals surface area contributed by atoms with E-state index in [1.54, 1.807) is 21.9 Å². The smallest absolute Gasteiger partial charge is 0.260 e. The number of carbonyl (C=O) groups excluding carboxylic acids is 2. The van der Waals surface area contributed by atoms with Crippen molar-refractivity contribution in [1.29, 1.82) is 0 Å². The van der Waals surface area contributed by atoms with E-state index in [2.05, 4.69) is 4.98 Å². The van der Waals surface area contributed by atoms with Crippen LogP contribution in [0.25, 0.3) is 0 Å². The lowest BCUT2D eigenvalue weighted by molar-refractivity contribution is -0.133. The molecule has 2 heterocycles. The third kappa shape index (κ3) is 4.50. The third-order valence-corrected chi connectivity index (χ3v) is 4.27. The van der Waals surface area contributed by atoms with E-state index < -0.39 is 0 Å². The Bertz CT molecular complexity index is 749. The van der Waals surface area contributed by atoms with Crippen LogP contribution in [0.15, 0.2) is 48.7 Å². The zero-order valence-corrected chi connectivity index (χ0v) is 14.5. The van der Waals surface area contributed by atoms with Gasteiger partial charge in [-0.05, 0) is 30.7 Å². The third-order valence-electron chi connectivity index (χ3n) is 4.27. The topological polar surface area (TPSA) is 88.8 Å². The van der Waals surface area contributed by atoms with Crippen LogP contribution >= 0.6 is 0 Å². The predicted molar refractivity (Wildman–Crippen MR) is 97.7 cm³/mol. The van der Waals surface area contributed by atoms with Gasteiger partial charge in [-0.25, -0.2) is 4.98 Å². The Morgan fingerprint density at radius 2 is 1.73 bits per heavy atom. The summed E-state index contributed by atoms with van der Waals surface area (Å²) >= 11 is 0. The normalized spacial score (nSPS) is 14.6. The fourth-order valence-corrected chi connectivity index (χ4v) is 2.84. The number of hydrogen-bond donors (Lipinski definition) is 1. The molecule has 1 fully saturated rings. The van der Waals surface area contributed by atoms with E-state index in [9.17, 15) is 9.59 Å². The lowest BCUT2D eigenvalue weighted by atomic mass is 10.2. The Balaban J connectivity index is 1.53. The lowest BCUT2D eigenvalue weighted by Gasteiger charge is -2.22. The summed E-state index contributed by atoms with van der Waals surface area (Å²) in [6, 6.07) is 12.5. The summed E-state index contributed by atoms with van der Waals surface area (Å²) in [4.78, 5) is 32.4. The molecule has 1 aromatic heterocycles. The molecule has 7 nitrogen and oxygen atoms in total. The molecular weight excluding hydrogens is 332 g/mol. The number of aromatic nitrogens is 1. The van der Waals surface area contributed by atoms with Gasteiger partial charge in [0.15, 0.2) is 6.61 Å². The number of hydrogen-bond acceptors (Lipinski definition) is 5. The van der Waals surface area contributed by atoms with Crippen LogP contribution in [0.3, 0.4) is 0 Å². The minimum Gasteiger partial charge on any atom is -0.484 e. The SMILES string of the molecule is Nc1ccc(C(=O)N2CCCN(C(=O)COc3ccccc3)CC2)cn1. The van der Waals surface area contributed by atoms with Crippen LogP contribution in [0.2, 0.25) is 0 Å². The highest BCUT2D eigenvalue weighted by atomic mass is 16.5. The second kappa shape index (κ2) is 8.33. The molecule has 2 N–H and O–H groups in total. The molecule has 1 aliphatic heterocycles. The van der Waals surface area contributed by atoms with Crippen molar-refractivity contribution in [3.63, 3.8) is 0 Å². The molecule has 1 aliphatic rings. The average Bonchev–Trinajstić information content (AvgIpc) is 2.93. The van der Waals surface area contributed by atoms with Gasteiger partial charge in [0, 0.05) is 32.4 Å². The van der Waals surface area contributed by atoms with Crippen molar-refractivity contribution < 1.29 is 14.3 Å². The molecule has 136 valence electrons. The van der Waals surface area contributed by atoms with Gasteiger partial charge in [-0.1, -0.05) is 18.2 Å². The summed E-state index contributed by atoms with van der Waals surface area (Å²) in [6.45, 7) is 2.19. The summed E-state index contributed by atoms with van der Waals surface area (Å²) in [5.74, 6) is 0.889. The lowest BCUT2D eigenvalue weighted by Crippen LogP contribution is -2.39. The molecule has 0 atom stereocenters. The molecular formula is C19H22N4O3. The first-order chi connectivity index (χ1) is 12.6. The first kappa shape index (κ1) is 17.7. The minimum absolute atomic E-state index is 0.000157. The fourth-order valence-electron chi connectivity index (χ4n) is 2.84. The monoisotopic (exact) mass is 354 g/mol. The number of anilines is 1. The summed E-state index contributed by atoms with van der Waals surface area (Å²) in [6.07, 6.45) is 2.21. The number of ether oxygens (including phenoxy) is 1. The van der Waals surface area contributed by atoms with E-state index in [0.29, 0.717) is 43.3 Å². The first-order valence-electron chi connectivity index (χ1n) is 8.60. The number of nitrogen functional groups attached to an aromatic ring is 1. The Hall–Kier alpha value is -3.09. The minimum atomic E-state index is -0.0904. The Morgan fingerprint density at radius 1 is 1.00 bits per heavy atom. The van der Waals surface area contributed by atoms with Crippen molar-refractivity contribution in [2.45, 2.75) is 6.42 Å². The summed E-state index contributed by atoms with van der Waals surface area (Å²) in [5, 5.41) is 0. The van der Waals surface area contributed by atoms with Gasteiger partial charge < -0.3 is 20.3 Å². The highest BCUT2D eigenvalue weighted by molar-refractivity contribution is 5.94. The maximum Gasteiger partial charge on any atom is 0.260 e. The number of para-hydroxylation sites is 1. The van der Waals surface area contributed by atoms with E-state index in [-0.39, 0.29) is 18.4 Å². The zero-order valence-electron chi connectivity index (χ0n) is 14.5. The summed E-state index contributed by atoms with van der Waals surface area (Å²) < 4.78 is 5.52. The highest BCUT2D eigenvalue weighted by Crippen LogP contribution is 2.11. The Kier molecular flexibility index (Phi) is 5.68. The predicted octanol–water partition coefficient (Wildman–Crippen LogP) is 1.42. The number of amides is 2. The van der Waals surface area contributed by atoms with Gasteiger partial charge >= 0.3 is 0 Å². The van der Waals surface area contributed by atoms with E-state index in [1.165, 1.54) is 6.20 Å². The molecule has 26 heavy (non-hydrogen) atoms. The molecule has 0 unspecified atom stereocenters. The van der Waals surface area contributed by atoms with Crippen LogP contribution in [0.1, 0.15) is 16.8 Å². The van der Waals surface area contributed by atoms with Gasteiger partial charge in [-0.15, -0.1) is 0 Å². The van der Waals surface area contributed by atoms with Crippen LogP contribution < -0.4 is 10.5 Å². The molecule has 0 aliphatic carbocycles. The molecule has 2 aromatic rings. The largest absolute Gasteiger partial charge is 0.484 e. The van der Waals surface area contributed by atoms with E-state index >= 15 is 0 Å². The van der Waals surface area contributed by atoms with Crippen molar-refractivity contribution in [3.8, 4) is 5.75 Å². The molecule has 2 amide bonds. The summed E-state index contributed by atoms with van der Waals surface area (Å²) in [5.41, 5.74) is 6.07. The Labute approximate surface area is 152 Å². The molecule has 3 rings (SSSR count). The number of rotatable bonds is 4. The van der Waals surface area contributed by atoms with E-state index in [1.807, 2.05) is 30.3 Å². The van der Waals surface area contributed by atoms with Crippen LogP contribution in [-0.4, -0.2) is 59.4 Å². The van der Waals surface area contributed by atoms with Crippen molar-refractivity contribution in [1.82, 2.24) is 14.8 Å². The quantitative estimate of drug-likeness (QED) is 0.897. The molecule has 0 spiro atoms. The second-order valence-electron chi connectivity index (χ2n) is 6.10. The van der Waals surface area contributed by atoms with Crippen molar-refractivity contribution >= 4 is 17.6 Å². The first-order valence-corrected chi connectivity index (χ1v) is 8.60. The number of nitrogens with two attached hydrogens (primary N) is 1.